The van der Waals surface area contributed by atoms with E-state index in [2.05, 4.69) is 55.5 Å². The van der Waals surface area contributed by atoms with E-state index >= 15 is 0 Å². The van der Waals surface area contributed by atoms with Crippen molar-refractivity contribution in [1.29, 1.82) is 0 Å². The second-order valence-electron chi connectivity index (χ2n) is 8.85. The number of carbonyl (C=O) groups excluding carboxylic acids is 2. The zero-order chi connectivity index (χ0) is 21.7. The van der Waals surface area contributed by atoms with Gasteiger partial charge in [0, 0.05) is 33.6 Å². The van der Waals surface area contributed by atoms with Crippen LogP contribution >= 0.6 is 0 Å². The first-order valence-corrected chi connectivity index (χ1v) is 11.0. The van der Waals surface area contributed by atoms with Crippen LogP contribution in [0.2, 0.25) is 0 Å². The molecule has 4 nitrogen and oxygen atoms in total. The van der Waals surface area contributed by atoms with E-state index in [1.165, 1.54) is 22.3 Å². The van der Waals surface area contributed by atoms with Crippen molar-refractivity contribution in [2.75, 3.05) is 27.2 Å². The van der Waals surface area contributed by atoms with Gasteiger partial charge in [-0.1, -0.05) is 61.0 Å². The number of piperidine rings is 1. The Morgan fingerprint density at radius 2 is 1.67 bits per heavy atom. The van der Waals surface area contributed by atoms with E-state index in [1.807, 2.05) is 25.9 Å². The molecule has 3 rings (SSSR count). The summed E-state index contributed by atoms with van der Waals surface area (Å²) in [6, 6.07) is 17.1. The van der Waals surface area contributed by atoms with E-state index in [4.69, 9.17) is 0 Å². The van der Waals surface area contributed by atoms with Gasteiger partial charge in [0.1, 0.15) is 0 Å². The van der Waals surface area contributed by atoms with Crippen LogP contribution < -0.4 is 0 Å². The second-order valence-corrected chi connectivity index (χ2v) is 8.85. The van der Waals surface area contributed by atoms with Crippen LogP contribution in [0.25, 0.3) is 11.1 Å². The van der Waals surface area contributed by atoms with Crippen molar-refractivity contribution < 1.29 is 9.59 Å². The minimum Gasteiger partial charge on any atom is -0.348 e. The van der Waals surface area contributed by atoms with Crippen molar-refractivity contribution in [2.45, 2.75) is 46.0 Å². The lowest BCUT2D eigenvalue weighted by Gasteiger charge is -2.42. The Morgan fingerprint density at radius 3 is 2.23 bits per heavy atom. The van der Waals surface area contributed by atoms with E-state index in [9.17, 15) is 9.59 Å². The van der Waals surface area contributed by atoms with Crippen molar-refractivity contribution in [3.8, 4) is 11.1 Å². The maximum absolute atomic E-state index is 13.2. The lowest BCUT2D eigenvalue weighted by Crippen LogP contribution is -2.50. The Kier molecular flexibility index (Phi) is 6.96. The molecule has 0 bridgehead atoms. The van der Waals surface area contributed by atoms with Crippen molar-refractivity contribution in [1.82, 2.24) is 9.80 Å². The van der Waals surface area contributed by atoms with Gasteiger partial charge in [-0.3, -0.25) is 9.59 Å². The van der Waals surface area contributed by atoms with Crippen LogP contribution in [0, 0.1) is 12.3 Å². The molecule has 1 heterocycles. The molecule has 0 radical (unpaired) electrons. The third-order valence-corrected chi connectivity index (χ3v) is 6.24. The molecular weight excluding hydrogens is 372 g/mol. The highest BCUT2D eigenvalue weighted by atomic mass is 16.2. The number of aryl methyl sites for hydroxylation is 1. The van der Waals surface area contributed by atoms with E-state index in [1.54, 1.807) is 4.90 Å². The number of carbonyl (C=O) groups is 2. The molecule has 30 heavy (non-hydrogen) atoms. The summed E-state index contributed by atoms with van der Waals surface area (Å²) >= 11 is 0. The number of rotatable bonds is 6. The Balaban J connectivity index is 1.78. The van der Waals surface area contributed by atoms with Gasteiger partial charge in [0.15, 0.2) is 0 Å². The zero-order valence-corrected chi connectivity index (χ0v) is 18.8. The predicted octanol–water partition coefficient (Wildman–Crippen LogP) is 4.70. The summed E-state index contributed by atoms with van der Waals surface area (Å²) in [4.78, 5) is 29.1. The van der Waals surface area contributed by atoms with Gasteiger partial charge in [-0.15, -0.1) is 0 Å². The van der Waals surface area contributed by atoms with Gasteiger partial charge >= 0.3 is 0 Å². The fourth-order valence-electron chi connectivity index (χ4n) is 4.53. The second kappa shape index (κ2) is 9.46. The zero-order valence-electron chi connectivity index (χ0n) is 18.8. The lowest BCUT2D eigenvalue weighted by molar-refractivity contribution is -0.146. The van der Waals surface area contributed by atoms with Crippen LogP contribution in [0.5, 0.6) is 0 Å². The van der Waals surface area contributed by atoms with Gasteiger partial charge in [-0.25, -0.2) is 0 Å². The highest BCUT2D eigenvalue weighted by Gasteiger charge is 2.42. The van der Waals surface area contributed by atoms with Crippen molar-refractivity contribution >= 4 is 11.8 Å². The first-order chi connectivity index (χ1) is 14.3. The minimum atomic E-state index is -0.433. The summed E-state index contributed by atoms with van der Waals surface area (Å²) in [5.41, 5.74) is 4.39. The number of amides is 2. The number of hydrogen-bond acceptors (Lipinski definition) is 2. The maximum atomic E-state index is 13.2. The van der Waals surface area contributed by atoms with Crippen LogP contribution in [-0.4, -0.2) is 48.8 Å². The van der Waals surface area contributed by atoms with Gasteiger partial charge in [0.05, 0.1) is 5.41 Å². The largest absolute Gasteiger partial charge is 0.348 e. The van der Waals surface area contributed by atoms with Crippen LogP contribution in [0.4, 0.5) is 0 Å². The predicted molar refractivity (Wildman–Crippen MR) is 122 cm³/mol. The van der Waals surface area contributed by atoms with Crippen molar-refractivity contribution in [2.24, 2.45) is 5.41 Å². The summed E-state index contributed by atoms with van der Waals surface area (Å²) in [5, 5.41) is 0. The molecule has 2 aromatic carbocycles. The molecular formula is C26H34N2O2. The number of benzene rings is 2. The van der Waals surface area contributed by atoms with Crippen LogP contribution in [0.15, 0.2) is 48.5 Å². The van der Waals surface area contributed by atoms with Gasteiger partial charge < -0.3 is 9.80 Å². The van der Waals surface area contributed by atoms with Crippen LogP contribution in [0.1, 0.15) is 43.7 Å². The Bertz CT molecular complexity index is 878. The molecule has 1 saturated heterocycles. The molecule has 1 aliphatic rings. The molecule has 0 saturated carbocycles. The number of hydrogen-bond donors (Lipinski definition) is 0. The summed E-state index contributed by atoms with van der Waals surface area (Å²) in [6.45, 7) is 5.47. The summed E-state index contributed by atoms with van der Waals surface area (Å²) in [7, 11) is 3.67. The Morgan fingerprint density at radius 1 is 1.00 bits per heavy atom. The third-order valence-electron chi connectivity index (χ3n) is 6.24. The molecule has 0 N–H and O–H groups in total. The van der Waals surface area contributed by atoms with E-state index in [-0.39, 0.29) is 11.8 Å². The van der Waals surface area contributed by atoms with Crippen LogP contribution in [-0.2, 0) is 16.0 Å². The molecule has 4 heteroatoms. The quantitative estimate of drug-likeness (QED) is 0.698. The first kappa shape index (κ1) is 22.1. The highest BCUT2D eigenvalue weighted by Crippen LogP contribution is 2.37. The molecule has 0 atom stereocenters. The maximum Gasteiger partial charge on any atom is 0.228 e. The fraction of sp³-hybridized carbons (Fsp3) is 0.462. The number of likely N-dealkylation sites (tertiary alicyclic amines) is 1. The Hall–Kier alpha value is -2.62. The van der Waals surface area contributed by atoms with Gasteiger partial charge in [-0.2, -0.15) is 0 Å². The third kappa shape index (κ3) is 4.92. The van der Waals surface area contributed by atoms with E-state index in [0.717, 1.165) is 19.3 Å². The van der Waals surface area contributed by atoms with Gasteiger partial charge in [0.25, 0.3) is 0 Å². The SMILES string of the molecule is CCCC(=O)N1CCC(Cc2ccc(-c3cccc(C)c3)cc2)(C(=O)N(C)C)CC1. The summed E-state index contributed by atoms with van der Waals surface area (Å²) in [6.07, 6.45) is 3.62. The number of nitrogens with zero attached hydrogens (tertiary/aromatic N) is 2. The standard InChI is InChI=1S/C26H34N2O2/c1-5-7-24(29)28-16-14-26(15-17-28,25(30)27(3)4)19-21-10-12-22(13-11-21)23-9-6-8-20(2)18-23/h6,8-13,18H,5,7,14-17,19H2,1-4H3. The lowest BCUT2D eigenvalue weighted by atomic mass is 9.72. The fourth-order valence-corrected chi connectivity index (χ4v) is 4.53. The molecule has 1 fully saturated rings. The first-order valence-electron chi connectivity index (χ1n) is 11.0. The molecule has 2 aromatic rings. The average molecular weight is 407 g/mol. The smallest absolute Gasteiger partial charge is 0.228 e. The van der Waals surface area contributed by atoms with E-state index < -0.39 is 5.41 Å². The highest BCUT2D eigenvalue weighted by molar-refractivity contribution is 5.83. The molecule has 1 aliphatic heterocycles. The molecule has 2 amide bonds. The van der Waals surface area contributed by atoms with Gasteiger partial charge in [0.2, 0.25) is 11.8 Å². The molecule has 0 spiro atoms. The molecule has 0 unspecified atom stereocenters. The minimum absolute atomic E-state index is 0.174. The molecule has 160 valence electrons. The summed E-state index contributed by atoms with van der Waals surface area (Å²) < 4.78 is 0. The van der Waals surface area contributed by atoms with Crippen molar-refractivity contribution in [3.63, 3.8) is 0 Å². The normalized spacial score (nSPS) is 15.7. The van der Waals surface area contributed by atoms with Crippen LogP contribution in [0.3, 0.4) is 0 Å². The topological polar surface area (TPSA) is 40.6 Å². The summed E-state index contributed by atoms with van der Waals surface area (Å²) in [5.74, 6) is 0.388. The Labute approximate surface area is 180 Å². The van der Waals surface area contributed by atoms with Gasteiger partial charge in [-0.05, 0) is 49.3 Å². The van der Waals surface area contributed by atoms with E-state index in [0.29, 0.717) is 25.9 Å². The average Bonchev–Trinajstić information content (AvgIpc) is 2.74. The molecule has 0 aliphatic carbocycles. The van der Waals surface area contributed by atoms with Crippen molar-refractivity contribution in [3.05, 3.63) is 59.7 Å². The molecule has 0 aromatic heterocycles. The monoisotopic (exact) mass is 406 g/mol.